The number of carbonyl (C=O) groups is 1. The Morgan fingerprint density at radius 3 is 2.34 bits per heavy atom. The fraction of sp³-hybridized carbons (Fsp3) is 0.394. The normalized spacial score (nSPS) is 14.6. The Labute approximate surface area is 270 Å². The van der Waals surface area contributed by atoms with Crippen molar-refractivity contribution < 1.29 is 35.9 Å². The van der Waals surface area contributed by atoms with Crippen molar-refractivity contribution in [1.82, 2.24) is 18.8 Å². The van der Waals surface area contributed by atoms with Gasteiger partial charge in [0.25, 0.3) is 10.0 Å². The van der Waals surface area contributed by atoms with Gasteiger partial charge in [-0.15, -0.1) is 0 Å². The number of benzene rings is 2. The number of amides is 1. The monoisotopic (exact) mass is 669 g/mol. The molecule has 1 aliphatic heterocycles. The van der Waals surface area contributed by atoms with Crippen LogP contribution in [-0.4, -0.2) is 58.6 Å². The summed E-state index contributed by atoms with van der Waals surface area (Å²) in [4.78, 5) is 22.2. The Morgan fingerprint density at radius 2 is 1.72 bits per heavy atom. The van der Waals surface area contributed by atoms with Gasteiger partial charge in [-0.1, -0.05) is 17.7 Å². The van der Waals surface area contributed by atoms with E-state index < -0.39 is 33.2 Å². The molecule has 2 aromatic heterocycles. The second-order valence-electron chi connectivity index (χ2n) is 12.4. The van der Waals surface area contributed by atoms with E-state index >= 15 is 0 Å². The second-order valence-corrected chi connectivity index (χ2v) is 14.2. The van der Waals surface area contributed by atoms with Gasteiger partial charge in [-0.3, -0.25) is 0 Å². The van der Waals surface area contributed by atoms with Gasteiger partial charge in [-0.05, 0) is 89.3 Å². The number of alkyl halides is 3. The average Bonchev–Trinajstić information content (AvgIpc) is 3.45. The average molecular weight is 670 g/mol. The van der Waals surface area contributed by atoms with E-state index in [1.807, 2.05) is 6.92 Å². The molecule has 2 aromatic carbocycles. The largest absolute Gasteiger partial charge is 0.493 e. The fourth-order valence-electron chi connectivity index (χ4n) is 5.37. The van der Waals surface area contributed by atoms with Gasteiger partial charge in [0.05, 0.1) is 22.8 Å². The highest BCUT2D eigenvalue weighted by Gasteiger charge is 2.35. The van der Waals surface area contributed by atoms with Gasteiger partial charge in [0, 0.05) is 30.2 Å². The zero-order valence-corrected chi connectivity index (χ0v) is 27.2. The topological polar surface area (TPSA) is 127 Å². The van der Waals surface area contributed by atoms with E-state index in [0.717, 1.165) is 15.6 Å². The summed E-state index contributed by atoms with van der Waals surface area (Å²) in [6, 6.07) is 12.8. The van der Waals surface area contributed by atoms with Crippen LogP contribution in [0.3, 0.4) is 0 Å². The molecular weight excluding hydrogens is 635 g/mol. The number of nitrogens with zero attached hydrogens (tertiary/aromatic N) is 5. The molecule has 14 heteroatoms. The molecule has 248 valence electrons. The van der Waals surface area contributed by atoms with Crippen molar-refractivity contribution in [3.63, 3.8) is 0 Å². The fourth-order valence-corrected chi connectivity index (χ4v) is 6.67. The standard InChI is InChI=1S/C33H34F3N5O5S/c1-21-5-8-24(9-6-21)47(43,44)41-17-13-25-29(38-28(20-37)39-30(25)41)23-7-10-27(26(19-23)33(34,35)36)45-18-14-22-11-15-40(16-12-22)31(42)46-32(2,3)4/h5-10,13,17,19,22H,11-12,14-16,18H2,1-4H3. The first-order chi connectivity index (χ1) is 22.1. The number of nitriles is 1. The molecule has 0 radical (unpaired) electrons. The summed E-state index contributed by atoms with van der Waals surface area (Å²) in [5, 5.41) is 9.76. The first kappa shape index (κ1) is 33.7. The minimum absolute atomic E-state index is 0.00794. The molecule has 1 fully saturated rings. The lowest BCUT2D eigenvalue weighted by molar-refractivity contribution is -0.138. The number of halogens is 3. The predicted octanol–water partition coefficient (Wildman–Crippen LogP) is 6.95. The van der Waals surface area contributed by atoms with Crippen molar-refractivity contribution in [2.24, 2.45) is 5.92 Å². The van der Waals surface area contributed by atoms with E-state index in [9.17, 15) is 31.6 Å². The van der Waals surface area contributed by atoms with Gasteiger partial charge in [-0.2, -0.15) is 23.4 Å². The van der Waals surface area contributed by atoms with E-state index in [0.29, 0.717) is 32.4 Å². The van der Waals surface area contributed by atoms with Gasteiger partial charge in [0.1, 0.15) is 17.4 Å². The molecule has 47 heavy (non-hydrogen) atoms. The highest BCUT2D eigenvalue weighted by molar-refractivity contribution is 7.90. The molecular formula is C33H34F3N5O5S. The number of rotatable bonds is 7. The molecule has 1 saturated heterocycles. The lowest BCUT2D eigenvalue weighted by Gasteiger charge is -2.33. The lowest BCUT2D eigenvalue weighted by atomic mass is 9.94. The molecule has 0 saturated carbocycles. The van der Waals surface area contributed by atoms with Crippen molar-refractivity contribution in [1.29, 1.82) is 5.26 Å². The van der Waals surface area contributed by atoms with Crippen molar-refractivity contribution in [3.8, 4) is 23.1 Å². The minimum atomic E-state index is -4.78. The van der Waals surface area contributed by atoms with Crippen LogP contribution in [0.25, 0.3) is 22.3 Å². The van der Waals surface area contributed by atoms with E-state index in [2.05, 4.69) is 9.97 Å². The number of carbonyl (C=O) groups excluding carboxylic acids is 1. The molecule has 3 heterocycles. The Bertz CT molecular complexity index is 1940. The van der Waals surface area contributed by atoms with Gasteiger partial charge >= 0.3 is 12.3 Å². The minimum Gasteiger partial charge on any atom is -0.493 e. The Balaban J connectivity index is 1.37. The molecule has 0 unspecified atom stereocenters. The van der Waals surface area contributed by atoms with E-state index in [-0.39, 0.29) is 51.6 Å². The quantitative estimate of drug-likeness (QED) is 0.207. The van der Waals surface area contributed by atoms with Crippen LogP contribution in [0, 0.1) is 24.2 Å². The number of aromatic nitrogens is 3. The maximum atomic E-state index is 14.3. The van der Waals surface area contributed by atoms with Gasteiger partial charge in [0.2, 0.25) is 5.82 Å². The molecule has 0 spiro atoms. The number of aryl methyl sites for hydroxylation is 1. The smallest absolute Gasteiger partial charge is 0.419 e. The van der Waals surface area contributed by atoms with Gasteiger partial charge in [0.15, 0.2) is 5.65 Å². The number of piperidine rings is 1. The van der Waals surface area contributed by atoms with Gasteiger partial charge in [-0.25, -0.2) is 22.2 Å². The molecule has 0 atom stereocenters. The maximum Gasteiger partial charge on any atom is 0.419 e. The Kier molecular flexibility index (Phi) is 9.23. The van der Waals surface area contributed by atoms with Crippen LogP contribution in [0.4, 0.5) is 18.0 Å². The lowest BCUT2D eigenvalue weighted by Crippen LogP contribution is -2.41. The summed E-state index contributed by atoms with van der Waals surface area (Å²) in [5.74, 6) is -0.600. The van der Waals surface area contributed by atoms with Crippen LogP contribution < -0.4 is 4.74 Å². The third kappa shape index (κ3) is 7.51. The summed E-state index contributed by atoms with van der Waals surface area (Å²) in [6.07, 6.45) is -2.07. The highest BCUT2D eigenvalue weighted by atomic mass is 32.2. The van der Waals surface area contributed by atoms with Crippen LogP contribution in [0.1, 0.15) is 57.0 Å². The number of fused-ring (bicyclic) bond motifs is 1. The molecule has 0 N–H and O–H groups in total. The van der Waals surface area contributed by atoms with E-state index in [4.69, 9.17) is 9.47 Å². The second kappa shape index (κ2) is 12.9. The number of hydrogen-bond donors (Lipinski definition) is 0. The van der Waals surface area contributed by atoms with Crippen LogP contribution in [0.2, 0.25) is 0 Å². The molecule has 5 rings (SSSR count). The third-order valence-electron chi connectivity index (χ3n) is 7.80. The predicted molar refractivity (Wildman–Crippen MR) is 167 cm³/mol. The zero-order valence-electron chi connectivity index (χ0n) is 26.3. The molecule has 0 bridgehead atoms. The van der Waals surface area contributed by atoms with E-state index in [1.165, 1.54) is 36.5 Å². The SMILES string of the molecule is Cc1ccc(S(=O)(=O)n2ccc3c(-c4ccc(OCCC5CCN(C(=O)OC(C)(C)C)CC5)c(C(F)(F)F)c4)nc(C#N)nc32)cc1. The van der Waals surface area contributed by atoms with Crippen molar-refractivity contribution in [3.05, 3.63) is 71.7 Å². The number of ether oxygens (including phenoxy) is 2. The van der Waals surface area contributed by atoms with Crippen LogP contribution in [-0.2, 0) is 20.9 Å². The Hall–Kier alpha value is -4.64. The van der Waals surface area contributed by atoms with Crippen LogP contribution in [0.15, 0.2) is 59.6 Å². The maximum absolute atomic E-state index is 14.3. The van der Waals surface area contributed by atoms with Crippen molar-refractivity contribution in [2.75, 3.05) is 19.7 Å². The summed E-state index contributed by atoms with van der Waals surface area (Å²) in [7, 11) is -4.14. The summed E-state index contributed by atoms with van der Waals surface area (Å²) < 4.78 is 81.7. The first-order valence-electron chi connectivity index (χ1n) is 15.0. The van der Waals surface area contributed by atoms with E-state index in [1.54, 1.807) is 43.9 Å². The molecule has 0 aliphatic carbocycles. The first-order valence-corrected chi connectivity index (χ1v) is 16.4. The van der Waals surface area contributed by atoms with Gasteiger partial charge < -0.3 is 14.4 Å². The summed E-state index contributed by atoms with van der Waals surface area (Å²) >= 11 is 0. The molecule has 1 aliphatic rings. The third-order valence-corrected chi connectivity index (χ3v) is 9.48. The molecule has 4 aromatic rings. The number of likely N-dealkylation sites (tertiary alicyclic amines) is 1. The molecule has 1 amide bonds. The van der Waals surface area contributed by atoms with Crippen LogP contribution in [0.5, 0.6) is 5.75 Å². The Morgan fingerprint density at radius 1 is 1.04 bits per heavy atom. The van der Waals surface area contributed by atoms with Crippen molar-refractivity contribution >= 4 is 27.1 Å². The summed E-state index contributed by atoms with van der Waals surface area (Å²) in [5.41, 5.74) is -0.943. The zero-order chi connectivity index (χ0) is 34.1. The molecule has 10 nitrogen and oxygen atoms in total. The highest BCUT2D eigenvalue weighted by Crippen LogP contribution is 2.40. The van der Waals surface area contributed by atoms with Crippen LogP contribution >= 0.6 is 0 Å². The summed E-state index contributed by atoms with van der Waals surface area (Å²) in [6.45, 7) is 8.23. The number of hydrogen-bond acceptors (Lipinski definition) is 8. The van der Waals surface area contributed by atoms with Crippen molar-refractivity contribution in [2.45, 2.75) is 63.6 Å².